The Hall–Kier alpha value is -2.25. The zero-order chi connectivity index (χ0) is 19.8. The Kier molecular flexibility index (Phi) is 5.35. The molecule has 3 rings (SSSR count). The summed E-state index contributed by atoms with van der Waals surface area (Å²) in [5.41, 5.74) is 0.322. The summed E-state index contributed by atoms with van der Waals surface area (Å²) in [7, 11) is 0. The molecule has 0 amide bonds. The van der Waals surface area contributed by atoms with Gasteiger partial charge >= 0.3 is 6.09 Å². The molecule has 1 aromatic carbocycles. The molecule has 27 heavy (non-hydrogen) atoms. The Labute approximate surface area is 169 Å². The Morgan fingerprint density at radius 3 is 2.52 bits per heavy atom. The van der Waals surface area contributed by atoms with E-state index in [0.29, 0.717) is 15.9 Å². The van der Waals surface area contributed by atoms with Crippen LogP contribution in [0.2, 0.25) is 5.02 Å². The Bertz CT molecular complexity index is 977. The number of pyridine rings is 1. The van der Waals surface area contributed by atoms with E-state index in [1.165, 1.54) is 29.0 Å². The summed E-state index contributed by atoms with van der Waals surface area (Å²) in [4.78, 5) is 21.3. The van der Waals surface area contributed by atoms with E-state index in [1.54, 1.807) is 39.1 Å². The molecular formula is C19H16BrClFN3O2. The maximum Gasteiger partial charge on any atom is 0.420 e. The van der Waals surface area contributed by atoms with E-state index >= 15 is 0 Å². The van der Waals surface area contributed by atoms with Gasteiger partial charge in [-0.3, -0.25) is 0 Å². The Morgan fingerprint density at radius 2 is 1.93 bits per heavy atom. The van der Waals surface area contributed by atoms with Gasteiger partial charge < -0.3 is 4.74 Å². The standard InChI is InChI=1S/C19H16BrClFN3O2/c1-19(2,3)27-18(26)25-14(11-7-8-15(20)23-9-11)10-24-17(25)16-12(21)5-4-6-13(16)22/h4-10H,1-3H3. The van der Waals surface area contributed by atoms with E-state index in [2.05, 4.69) is 25.9 Å². The second-order valence-electron chi connectivity index (χ2n) is 6.75. The Balaban J connectivity index is 2.23. The van der Waals surface area contributed by atoms with Crippen LogP contribution in [-0.2, 0) is 4.74 Å². The maximum atomic E-state index is 14.5. The molecule has 0 aliphatic heterocycles. The summed E-state index contributed by atoms with van der Waals surface area (Å²) in [6, 6.07) is 7.78. The first-order valence-corrected chi connectivity index (χ1v) is 9.22. The molecule has 0 fully saturated rings. The van der Waals surface area contributed by atoms with Crippen LogP contribution in [-0.4, -0.2) is 26.2 Å². The molecule has 2 aromatic heterocycles. The van der Waals surface area contributed by atoms with E-state index in [4.69, 9.17) is 16.3 Å². The van der Waals surface area contributed by atoms with E-state index in [-0.39, 0.29) is 16.4 Å². The van der Waals surface area contributed by atoms with Gasteiger partial charge in [0, 0.05) is 11.8 Å². The van der Waals surface area contributed by atoms with Gasteiger partial charge in [-0.25, -0.2) is 23.7 Å². The SMILES string of the molecule is CC(C)(C)OC(=O)n1c(-c2ccc(Br)nc2)cnc1-c1c(F)cccc1Cl. The van der Waals surface area contributed by atoms with Crippen molar-refractivity contribution in [2.75, 3.05) is 0 Å². The number of carbonyl (C=O) groups excluding carboxylic acids is 1. The summed E-state index contributed by atoms with van der Waals surface area (Å²) in [6.45, 7) is 5.25. The number of nitrogens with zero attached hydrogens (tertiary/aromatic N) is 3. The van der Waals surface area contributed by atoms with Crippen molar-refractivity contribution >= 4 is 33.6 Å². The monoisotopic (exact) mass is 451 g/mol. The summed E-state index contributed by atoms with van der Waals surface area (Å²) in [6.07, 6.45) is 2.36. The molecule has 2 heterocycles. The minimum atomic E-state index is -0.743. The zero-order valence-corrected chi connectivity index (χ0v) is 17.2. The van der Waals surface area contributed by atoms with Gasteiger partial charge in [-0.15, -0.1) is 0 Å². The number of carbonyl (C=O) groups is 1. The van der Waals surface area contributed by atoms with Crippen molar-refractivity contribution in [3.63, 3.8) is 0 Å². The number of aromatic nitrogens is 3. The van der Waals surface area contributed by atoms with Gasteiger partial charge in [0.15, 0.2) is 5.82 Å². The Morgan fingerprint density at radius 1 is 1.19 bits per heavy atom. The third-order valence-corrected chi connectivity index (χ3v) is 4.33. The van der Waals surface area contributed by atoms with Crippen LogP contribution >= 0.6 is 27.5 Å². The normalized spacial score (nSPS) is 11.5. The van der Waals surface area contributed by atoms with Gasteiger partial charge in [0.2, 0.25) is 0 Å². The molecule has 0 saturated heterocycles. The number of imidazole rings is 1. The summed E-state index contributed by atoms with van der Waals surface area (Å²) in [5, 5.41) is 0.144. The number of halogens is 3. The van der Waals surface area contributed by atoms with E-state index in [9.17, 15) is 9.18 Å². The highest BCUT2D eigenvalue weighted by Crippen LogP contribution is 2.33. The lowest BCUT2D eigenvalue weighted by atomic mass is 10.2. The van der Waals surface area contributed by atoms with Crippen molar-refractivity contribution in [3.8, 4) is 22.6 Å². The maximum absolute atomic E-state index is 14.5. The molecule has 0 aliphatic rings. The van der Waals surface area contributed by atoms with Gasteiger partial charge in [-0.05, 0) is 61.0 Å². The molecule has 0 saturated carbocycles. The van der Waals surface area contributed by atoms with Crippen molar-refractivity contribution < 1.29 is 13.9 Å². The van der Waals surface area contributed by atoms with Crippen LogP contribution in [0.25, 0.3) is 22.6 Å². The summed E-state index contributed by atoms with van der Waals surface area (Å²) in [5.74, 6) is -0.524. The number of ether oxygens (including phenoxy) is 1. The molecule has 0 unspecified atom stereocenters. The number of benzene rings is 1. The second kappa shape index (κ2) is 7.40. The first-order valence-electron chi connectivity index (χ1n) is 8.05. The average molecular weight is 453 g/mol. The molecule has 0 radical (unpaired) electrons. The van der Waals surface area contributed by atoms with Crippen molar-refractivity contribution in [2.45, 2.75) is 26.4 Å². The lowest BCUT2D eigenvalue weighted by Gasteiger charge is -2.21. The smallest absolute Gasteiger partial charge is 0.420 e. The van der Waals surface area contributed by atoms with E-state index in [0.717, 1.165) is 0 Å². The minimum absolute atomic E-state index is 0.0290. The fraction of sp³-hybridized carbons (Fsp3) is 0.211. The van der Waals surface area contributed by atoms with Crippen molar-refractivity contribution in [1.82, 2.24) is 14.5 Å². The van der Waals surface area contributed by atoms with E-state index in [1.807, 2.05) is 0 Å². The molecule has 0 atom stereocenters. The van der Waals surface area contributed by atoms with Crippen molar-refractivity contribution in [1.29, 1.82) is 0 Å². The van der Waals surface area contributed by atoms with Crippen LogP contribution in [0.15, 0.2) is 47.3 Å². The van der Waals surface area contributed by atoms with Crippen LogP contribution < -0.4 is 0 Å². The highest BCUT2D eigenvalue weighted by atomic mass is 79.9. The van der Waals surface area contributed by atoms with Gasteiger partial charge in [0.05, 0.1) is 22.5 Å². The lowest BCUT2D eigenvalue weighted by molar-refractivity contribution is 0.0542. The summed E-state index contributed by atoms with van der Waals surface area (Å²) < 4.78 is 21.8. The molecule has 3 aromatic rings. The molecule has 0 bridgehead atoms. The molecule has 0 aliphatic carbocycles. The summed E-state index contributed by atoms with van der Waals surface area (Å²) >= 11 is 9.46. The van der Waals surface area contributed by atoms with Gasteiger partial charge in [-0.1, -0.05) is 17.7 Å². The van der Waals surface area contributed by atoms with Crippen LogP contribution in [0.4, 0.5) is 9.18 Å². The number of hydrogen-bond donors (Lipinski definition) is 0. The fourth-order valence-corrected chi connectivity index (χ4v) is 2.95. The molecule has 140 valence electrons. The van der Waals surface area contributed by atoms with Gasteiger partial charge in [0.1, 0.15) is 16.0 Å². The molecule has 0 spiro atoms. The van der Waals surface area contributed by atoms with Crippen LogP contribution in [0.3, 0.4) is 0 Å². The molecule has 5 nitrogen and oxygen atoms in total. The zero-order valence-electron chi connectivity index (χ0n) is 14.8. The topological polar surface area (TPSA) is 57.0 Å². The second-order valence-corrected chi connectivity index (χ2v) is 7.97. The van der Waals surface area contributed by atoms with Gasteiger partial charge in [-0.2, -0.15) is 0 Å². The number of rotatable bonds is 2. The highest BCUT2D eigenvalue weighted by Gasteiger charge is 2.27. The third kappa shape index (κ3) is 4.20. The average Bonchev–Trinajstić information content (AvgIpc) is 2.98. The minimum Gasteiger partial charge on any atom is -0.443 e. The number of hydrogen-bond acceptors (Lipinski definition) is 4. The van der Waals surface area contributed by atoms with E-state index < -0.39 is 17.5 Å². The molecule has 0 N–H and O–H groups in total. The predicted octanol–water partition coefficient (Wildman–Crippen LogP) is 5.95. The van der Waals surface area contributed by atoms with Crippen LogP contribution in [0, 0.1) is 5.82 Å². The quantitative estimate of drug-likeness (QED) is 0.451. The first-order chi connectivity index (χ1) is 12.7. The fourth-order valence-electron chi connectivity index (χ4n) is 2.46. The van der Waals surface area contributed by atoms with Crippen molar-refractivity contribution in [2.24, 2.45) is 0 Å². The highest BCUT2D eigenvalue weighted by molar-refractivity contribution is 9.10. The predicted molar refractivity (Wildman–Crippen MR) is 105 cm³/mol. The van der Waals surface area contributed by atoms with Crippen LogP contribution in [0.5, 0.6) is 0 Å². The van der Waals surface area contributed by atoms with Crippen LogP contribution in [0.1, 0.15) is 20.8 Å². The molecular weight excluding hydrogens is 437 g/mol. The first kappa shape index (κ1) is 19.5. The third-order valence-electron chi connectivity index (χ3n) is 3.55. The van der Waals surface area contributed by atoms with Gasteiger partial charge in [0.25, 0.3) is 0 Å². The van der Waals surface area contributed by atoms with Crippen molar-refractivity contribution in [3.05, 3.63) is 58.2 Å². The molecule has 8 heteroatoms. The lowest BCUT2D eigenvalue weighted by Crippen LogP contribution is -2.28. The largest absolute Gasteiger partial charge is 0.443 e.